The van der Waals surface area contributed by atoms with Crippen molar-refractivity contribution in [2.45, 2.75) is 19.8 Å². The van der Waals surface area contributed by atoms with E-state index in [0.717, 1.165) is 37.2 Å². The van der Waals surface area contributed by atoms with Gasteiger partial charge in [-0.3, -0.25) is 0 Å². The summed E-state index contributed by atoms with van der Waals surface area (Å²) in [5, 5.41) is 3.89. The summed E-state index contributed by atoms with van der Waals surface area (Å²) in [5.41, 5.74) is 0. The van der Waals surface area contributed by atoms with Crippen molar-refractivity contribution < 1.29 is 9.47 Å². The van der Waals surface area contributed by atoms with Crippen LogP contribution in [0.5, 0.6) is 5.75 Å². The van der Waals surface area contributed by atoms with E-state index in [1.807, 2.05) is 18.2 Å². The minimum atomic E-state index is 0.588. The molecule has 0 heterocycles. The van der Waals surface area contributed by atoms with Crippen molar-refractivity contribution in [1.82, 2.24) is 5.32 Å². The Morgan fingerprint density at radius 1 is 1.21 bits per heavy atom. The van der Waals surface area contributed by atoms with Crippen LogP contribution in [0.1, 0.15) is 19.8 Å². The lowest BCUT2D eigenvalue weighted by Gasteiger charge is -2.09. The largest absolute Gasteiger partial charge is 0.491 e. The molecule has 0 spiro atoms. The molecule has 0 radical (unpaired) electrons. The first-order valence-electron chi connectivity index (χ1n) is 6.60. The van der Waals surface area contributed by atoms with Crippen LogP contribution in [0, 0.1) is 0 Å². The number of hydrogen-bond acceptors (Lipinski definition) is 3. The highest BCUT2D eigenvalue weighted by Crippen LogP contribution is 2.27. The summed E-state index contributed by atoms with van der Waals surface area (Å²) in [6, 6.07) is 5.58. The molecule has 1 N–H and O–H groups in total. The summed E-state index contributed by atoms with van der Waals surface area (Å²) >= 11 is 9.41. The third-order valence-electron chi connectivity index (χ3n) is 2.50. The summed E-state index contributed by atoms with van der Waals surface area (Å²) in [4.78, 5) is 0. The van der Waals surface area contributed by atoms with Crippen LogP contribution in [-0.2, 0) is 4.74 Å². The van der Waals surface area contributed by atoms with Crippen molar-refractivity contribution in [3.05, 3.63) is 27.7 Å². The molecule has 0 amide bonds. The quantitative estimate of drug-likeness (QED) is 0.649. The molecule has 1 aromatic rings. The van der Waals surface area contributed by atoms with E-state index in [9.17, 15) is 0 Å². The van der Waals surface area contributed by atoms with Crippen LogP contribution in [-0.4, -0.2) is 32.9 Å². The molecule has 1 aromatic carbocycles. The molecule has 0 aliphatic carbocycles. The second-order valence-corrected chi connectivity index (χ2v) is 5.46. The summed E-state index contributed by atoms with van der Waals surface area (Å²) in [6.45, 7) is 5.97. The van der Waals surface area contributed by atoms with Gasteiger partial charge in [0.05, 0.1) is 11.6 Å². The Hall–Kier alpha value is -0.290. The SMILES string of the molecule is CCCCOCCNCCOc1cc(Br)ccc1Cl. The smallest absolute Gasteiger partial charge is 0.139 e. The van der Waals surface area contributed by atoms with Gasteiger partial charge in [0.1, 0.15) is 12.4 Å². The minimum absolute atomic E-state index is 0.588. The first-order chi connectivity index (χ1) is 9.24. The van der Waals surface area contributed by atoms with Crippen LogP contribution < -0.4 is 10.1 Å². The van der Waals surface area contributed by atoms with Crippen LogP contribution in [0.25, 0.3) is 0 Å². The van der Waals surface area contributed by atoms with Gasteiger partial charge in [-0.05, 0) is 24.6 Å². The fraction of sp³-hybridized carbons (Fsp3) is 0.571. The van der Waals surface area contributed by atoms with Crippen molar-refractivity contribution in [3.63, 3.8) is 0 Å². The van der Waals surface area contributed by atoms with Gasteiger partial charge in [-0.25, -0.2) is 0 Å². The maximum atomic E-state index is 6.02. The third-order valence-corrected chi connectivity index (χ3v) is 3.30. The number of halogens is 2. The highest BCUT2D eigenvalue weighted by molar-refractivity contribution is 9.10. The zero-order valence-corrected chi connectivity index (χ0v) is 13.6. The summed E-state index contributed by atoms with van der Waals surface area (Å²) in [5.74, 6) is 0.706. The molecule has 3 nitrogen and oxygen atoms in total. The Bertz CT molecular complexity index is 363. The number of ether oxygens (including phenoxy) is 2. The molecule has 108 valence electrons. The molecule has 0 saturated carbocycles. The van der Waals surface area contributed by atoms with Gasteiger partial charge >= 0.3 is 0 Å². The number of hydrogen-bond donors (Lipinski definition) is 1. The molecule has 0 bridgehead atoms. The van der Waals surface area contributed by atoms with Gasteiger partial charge in [0.15, 0.2) is 0 Å². The number of unbranched alkanes of at least 4 members (excludes halogenated alkanes) is 1. The van der Waals surface area contributed by atoms with Crippen LogP contribution in [0.15, 0.2) is 22.7 Å². The standard InChI is InChI=1S/C14H21BrClNO2/c1-2-3-8-18-9-6-17-7-10-19-14-11-12(15)4-5-13(14)16/h4-5,11,17H,2-3,6-10H2,1H3. The average molecular weight is 351 g/mol. The van der Waals surface area contributed by atoms with Crippen LogP contribution in [0.2, 0.25) is 5.02 Å². The molecule has 19 heavy (non-hydrogen) atoms. The van der Waals surface area contributed by atoms with Gasteiger partial charge in [-0.1, -0.05) is 40.9 Å². The van der Waals surface area contributed by atoms with Gasteiger partial charge in [0.2, 0.25) is 0 Å². The van der Waals surface area contributed by atoms with Crippen LogP contribution >= 0.6 is 27.5 Å². The zero-order valence-electron chi connectivity index (χ0n) is 11.3. The third kappa shape index (κ3) is 7.78. The maximum Gasteiger partial charge on any atom is 0.139 e. The Morgan fingerprint density at radius 2 is 2.00 bits per heavy atom. The van der Waals surface area contributed by atoms with E-state index in [2.05, 4.69) is 28.2 Å². The highest BCUT2D eigenvalue weighted by Gasteiger charge is 2.01. The van der Waals surface area contributed by atoms with E-state index in [1.165, 1.54) is 6.42 Å². The predicted octanol–water partition coefficient (Wildman–Crippen LogP) is 3.89. The molecule has 5 heteroatoms. The normalized spacial score (nSPS) is 10.7. The Labute approximate surface area is 128 Å². The molecular weight excluding hydrogens is 330 g/mol. The monoisotopic (exact) mass is 349 g/mol. The topological polar surface area (TPSA) is 30.5 Å². The second kappa shape index (κ2) is 10.5. The number of benzene rings is 1. The summed E-state index contributed by atoms with van der Waals surface area (Å²) in [6.07, 6.45) is 2.30. The van der Waals surface area contributed by atoms with Crippen molar-refractivity contribution >= 4 is 27.5 Å². The molecule has 0 saturated heterocycles. The zero-order chi connectivity index (χ0) is 13.9. The van der Waals surface area contributed by atoms with Crippen molar-refractivity contribution in [2.75, 3.05) is 32.9 Å². The lowest BCUT2D eigenvalue weighted by Crippen LogP contribution is -2.25. The van der Waals surface area contributed by atoms with Gasteiger partial charge in [-0.2, -0.15) is 0 Å². The number of rotatable bonds is 10. The van der Waals surface area contributed by atoms with E-state index in [4.69, 9.17) is 21.1 Å². The van der Waals surface area contributed by atoms with E-state index >= 15 is 0 Å². The van der Waals surface area contributed by atoms with E-state index in [-0.39, 0.29) is 0 Å². The molecule has 1 rings (SSSR count). The highest BCUT2D eigenvalue weighted by atomic mass is 79.9. The molecule has 0 fully saturated rings. The Kier molecular flexibility index (Phi) is 9.26. The first kappa shape index (κ1) is 16.8. The van der Waals surface area contributed by atoms with Crippen molar-refractivity contribution in [3.8, 4) is 5.75 Å². The lowest BCUT2D eigenvalue weighted by atomic mass is 10.3. The van der Waals surface area contributed by atoms with E-state index in [0.29, 0.717) is 17.4 Å². The molecule has 0 atom stereocenters. The second-order valence-electron chi connectivity index (χ2n) is 4.14. The molecule has 0 aliphatic rings. The van der Waals surface area contributed by atoms with Gasteiger partial charge in [0, 0.05) is 24.2 Å². The van der Waals surface area contributed by atoms with E-state index < -0.39 is 0 Å². The average Bonchev–Trinajstić information content (AvgIpc) is 2.40. The molecule has 0 unspecified atom stereocenters. The number of nitrogens with one attached hydrogen (secondary N) is 1. The van der Waals surface area contributed by atoms with Crippen molar-refractivity contribution in [1.29, 1.82) is 0 Å². The first-order valence-corrected chi connectivity index (χ1v) is 7.77. The molecule has 0 aliphatic heterocycles. The lowest BCUT2D eigenvalue weighted by molar-refractivity contribution is 0.132. The molecule has 0 aromatic heterocycles. The minimum Gasteiger partial charge on any atom is -0.491 e. The fourth-order valence-corrected chi connectivity index (χ4v) is 1.95. The molecular formula is C14H21BrClNO2. The van der Waals surface area contributed by atoms with E-state index in [1.54, 1.807) is 0 Å². The predicted molar refractivity (Wildman–Crippen MR) is 83.2 cm³/mol. The summed E-state index contributed by atoms with van der Waals surface area (Å²) in [7, 11) is 0. The van der Waals surface area contributed by atoms with Gasteiger partial charge < -0.3 is 14.8 Å². The van der Waals surface area contributed by atoms with Gasteiger partial charge in [0.25, 0.3) is 0 Å². The van der Waals surface area contributed by atoms with Crippen molar-refractivity contribution in [2.24, 2.45) is 0 Å². The Morgan fingerprint density at radius 3 is 2.79 bits per heavy atom. The van der Waals surface area contributed by atoms with Gasteiger partial charge in [-0.15, -0.1) is 0 Å². The summed E-state index contributed by atoms with van der Waals surface area (Å²) < 4.78 is 12.0. The Balaban J connectivity index is 2.03. The van der Waals surface area contributed by atoms with Crippen LogP contribution in [0.4, 0.5) is 0 Å². The fourth-order valence-electron chi connectivity index (χ4n) is 1.44. The van der Waals surface area contributed by atoms with Crippen LogP contribution in [0.3, 0.4) is 0 Å². The maximum absolute atomic E-state index is 6.02.